The molecule has 1 aliphatic heterocycles. The van der Waals surface area contributed by atoms with Crippen LogP contribution in [0, 0.1) is 13.8 Å². The zero-order chi connectivity index (χ0) is 12.9. The summed E-state index contributed by atoms with van der Waals surface area (Å²) in [6.07, 6.45) is 3.59. The molecule has 0 saturated heterocycles. The molecular formula is C15H22ClNO2. The highest BCUT2D eigenvalue weighted by Crippen LogP contribution is 2.47. The lowest BCUT2D eigenvalue weighted by Crippen LogP contribution is -2.56. The van der Waals surface area contributed by atoms with Crippen LogP contribution >= 0.6 is 12.4 Å². The van der Waals surface area contributed by atoms with E-state index in [1.54, 1.807) is 0 Å². The molecule has 19 heavy (non-hydrogen) atoms. The number of fused-ring (bicyclic) bond motifs is 1. The number of nitrogens with two attached hydrogens (primary N) is 1. The third kappa shape index (κ3) is 2.14. The van der Waals surface area contributed by atoms with Crippen molar-refractivity contribution in [1.82, 2.24) is 0 Å². The number of hydrogen-bond acceptors (Lipinski definition) is 3. The molecule has 0 bridgehead atoms. The van der Waals surface area contributed by atoms with E-state index in [-0.39, 0.29) is 24.0 Å². The van der Waals surface area contributed by atoms with Crippen LogP contribution < -0.4 is 10.5 Å². The van der Waals surface area contributed by atoms with Crippen molar-refractivity contribution in [2.75, 3.05) is 0 Å². The Balaban J connectivity index is 0.00000133. The fourth-order valence-corrected chi connectivity index (χ4v) is 3.31. The number of aliphatic hydroxyl groups excluding tert-OH is 1. The van der Waals surface area contributed by atoms with E-state index < -0.39 is 6.10 Å². The fraction of sp³-hybridized carbons (Fsp3) is 0.600. The summed E-state index contributed by atoms with van der Waals surface area (Å²) in [5.41, 5.74) is 9.13. The quantitative estimate of drug-likeness (QED) is 0.770. The van der Waals surface area contributed by atoms with Gasteiger partial charge in [-0.3, -0.25) is 0 Å². The summed E-state index contributed by atoms with van der Waals surface area (Å²) in [5.74, 6) is 0.828. The number of hydrogen-bond donors (Lipinski definition) is 2. The summed E-state index contributed by atoms with van der Waals surface area (Å²) in [5, 5.41) is 10.5. The van der Waals surface area contributed by atoms with Crippen LogP contribution in [0.15, 0.2) is 12.1 Å². The van der Waals surface area contributed by atoms with Gasteiger partial charge >= 0.3 is 0 Å². The van der Waals surface area contributed by atoms with Crippen molar-refractivity contribution in [2.45, 2.75) is 57.3 Å². The van der Waals surface area contributed by atoms with E-state index >= 15 is 0 Å². The molecule has 1 spiro atoms. The minimum Gasteiger partial charge on any atom is -0.485 e. The molecule has 1 heterocycles. The second kappa shape index (κ2) is 4.97. The molecule has 1 aliphatic carbocycles. The van der Waals surface area contributed by atoms with Crippen molar-refractivity contribution < 1.29 is 9.84 Å². The van der Waals surface area contributed by atoms with Gasteiger partial charge in [-0.05, 0) is 62.8 Å². The molecule has 1 saturated carbocycles. The Labute approximate surface area is 120 Å². The summed E-state index contributed by atoms with van der Waals surface area (Å²) in [4.78, 5) is 0. The monoisotopic (exact) mass is 283 g/mol. The van der Waals surface area contributed by atoms with Gasteiger partial charge in [-0.15, -0.1) is 12.4 Å². The maximum Gasteiger partial charge on any atom is 0.127 e. The topological polar surface area (TPSA) is 55.5 Å². The molecule has 0 aromatic heterocycles. The molecule has 1 aromatic rings. The van der Waals surface area contributed by atoms with E-state index in [0.29, 0.717) is 0 Å². The number of aliphatic hydroxyl groups is 1. The fourth-order valence-electron chi connectivity index (χ4n) is 3.31. The normalized spacial score (nSPS) is 27.6. The third-order valence-electron chi connectivity index (χ3n) is 4.66. The second-order valence-corrected chi connectivity index (χ2v) is 5.82. The van der Waals surface area contributed by atoms with Gasteiger partial charge in [0.15, 0.2) is 0 Å². The van der Waals surface area contributed by atoms with Gasteiger partial charge in [0.2, 0.25) is 0 Å². The number of halogens is 1. The Kier molecular flexibility index (Phi) is 3.83. The molecule has 2 atom stereocenters. The Morgan fingerprint density at radius 2 is 1.79 bits per heavy atom. The minimum atomic E-state index is -0.605. The summed E-state index contributed by atoms with van der Waals surface area (Å²) >= 11 is 0. The van der Waals surface area contributed by atoms with Gasteiger partial charge in [0.1, 0.15) is 17.5 Å². The van der Waals surface area contributed by atoms with Crippen molar-refractivity contribution in [2.24, 2.45) is 5.73 Å². The lowest BCUT2D eigenvalue weighted by molar-refractivity contribution is -0.0316. The largest absolute Gasteiger partial charge is 0.485 e. The van der Waals surface area contributed by atoms with Gasteiger partial charge in [0.25, 0.3) is 0 Å². The summed E-state index contributed by atoms with van der Waals surface area (Å²) < 4.78 is 6.21. The van der Waals surface area contributed by atoms with Crippen molar-refractivity contribution in [3.05, 3.63) is 28.8 Å². The first kappa shape index (κ1) is 14.6. The van der Waals surface area contributed by atoms with Crippen LogP contribution in [-0.2, 0) is 0 Å². The SMILES string of the molecule is Cc1cc2c(cc1C)C(O)C(N)C1(CCCC1)O2.Cl. The first-order valence-corrected chi connectivity index (χ1v) is 6.77. The maximum atomic E-state index is 10.5. The van der Waals surface area contributed by atoms with Crippen molar-refractivity contribution in [1.29, 1.82) is 0 Å². The lowest BCUT2D eigenvalue weighted by Gasteiger charge is -2.43. The van der Waals surface area contributed by atoms with Crippen LogP contribution in [0.4, 0.5) is 0 Å². The van der Waals surface area contributed by atoms with E-state index in [1.165, 1.54) is 11.1 Å². The van der Waals surface area contributed by atoms with Crippen LogP contribution in [0.1, 0.15) is 48.5 Å². The van der Waals surface area contributed by atoms with E-state index in [4.69, 9.17) is 10.5 Å². The molecule has 3 rings (SSSR count). The van der Waals surface area contributed by atoms with Gasteiger partial charge in [-0.1, -0.05) is 0 Å². The lowest BCUT2D eigenvalue weighted by atomic mass is 9.82. The van der Waals surface area contributed by atoms with E-state index in [2.05, 4.69) is 6.92 Å². The van der Waals surface area contributed by atoms with Crippen LogP contribution in [-0.4, -0.2) is 16.7 Å². The Morgan fingerprint density at radius 1 is 1.21 bits per heavy atom. The molecule has 1 fully saturated rings. The van der Waals surface area contributed by atoms with E-state index in [1.807, 2.05) is 19.1 Å². The van der Waals surface area contributed by atoms with Gasteiger partial charge < -0.3 is 15.6 Å². The Morgan fingerprint density at radius 3 is 2.42 bits per heavy atom. The summed E-state index contributed by atoms with van der Waals surface area (Å²) in [7, 11) is 0. The third-order valence-corrected chi connectivity index (χ3v) is 4.66. The zero-order valence-corrected chi connectivity index (χ0v) is 12.3. The highest BCUT2D eigenvalue weighted by Gasteiger charge is 2.49. The molecule has 0 amide bonds. The first-order chi connectivity index (χ1) is 8.53. The van der Waals surface area contributed by atoms with Gasteiger partial charge in [0, 0.05) is 5.56 Å². The highest BCUT2D eigenvalue weighted by molar-refractivity contribution is 5.85. The Hall–Kier alpha value is -0.770. The maximum absolute atomic E-state index is 10.5. The molecule has 1 aromatic carbocycles. The second-order valence-electron chi connectivity index (χ2n) is 5.82. The molecule has 3 N–H and O–H groups in total. The van der Waals surface area contributed by atoms with E-state index in [9.17, 15) is 5.11 Å². The molecule has 0 radical (unpaired) electrons. The highest BCUT2D eigenvalue weighted by atomic mass is 35.5. The smallest absolute Gasteiger partial charge is 0.127 e. The zero-order valence-electron chi connectivity index (χ0n) is 11.5. The molecule has 2 aliphatic rings. The van der Waals surface area contributed by atoms with Crippen molar-refractivity contribution in [3.63, 3.8) is 0 Å². The standard InChI is InChI=1S/C15H21NO2.ClH/c1-9-7-11-12(8-10(9)2)18-15(5-3-4-6-15)14(16)13(11)17;/h7-8,13-14,17H,3-6,16H2,1-2H3;1H. The van der Waals surface area contributed by atoms with Crippen LogP contribution in [0.3, 0.4) is 0 Å². The van der Waals surface area contributed by atoms with Gasteiger partial charge in [-0.25, -0.2) is 0 Å². The first-order valence-electron chi connectivity index (χ1n) is 6.77. The van der Waals surface area contributed by atoms with Crippen LogP contribution in [0.2, 0.25) is 0 Å². The predicted molar refractivity (Wildman–Crippen MR) is 77.9 cm³/mol. The van der Waals surface area contributed by atoms with Gasteiger partial charge in [-0.2, -0.15) is 0 Å². The average Bonchev–Trinajstić information content (AvgIpc) is 2.79. The minimum absolute atomic E-state index is 0. The van der Waals surface area contributed by atoms with Crippen LogP contribution in [0.25, 0.3) is 0 Å². The molecule has 4 heteroatoms. The summed E-state index contributed by atoms with van der Waals surface area (Å²) in [6.45, 7) is 4.12. The van der Waals surface area contributed by atoms with Crippen molar-refractivity contribution >= 4 is 12.4 Å². The predicted octanol–water partition coefficient (Wildman–Crippen LogP) is 2.79. The van der Waals surface area contributed by atoms with Crippen LogP contribution in [0.5, 0.6) is 5.75 Å². The number of ether oxygens (including phenoxy) is 1. The molecular weight excluding hydrogens is 262 g/mol. The summed E-state index contributed by atoms with van der Waals surface area (Å²) in [6, 6.07) is 3.74. The molecule has 106 valence electrons. The molecule has 3 nitrogen and oxygen atoms in total. The molecule has 2 unspecified atom stereocenters. The number of aryl methyl sites for hydroxylation is 2. The van der Waals surface area contributed by atoms with E-state index in [0.717, 1.165) is 37.0 Å². The number of rotatable bonds is 0. The van der Waals surface area contributed by atoms with Gasteiger partial charge in [0.05, 0.1) is 6.04 Å². The Bertz CT molecular complexity index is 483. The number of benzene rings is 1. The average molecular weight is 284 g/mol. The van der Waals surface area contributed by atoms with Crippen molar-refractivity contribution in [3.8, 4) is 5.75 Å².